The van der Waals surface area contributed by atoms with Gasteiger partial charge in [0.1, 0.15) is 0 Å². The summed E-state index contributed by atoms with van der Waals surface area (Å²) in [6.07, 6.45) is 0. The van der Waals surface area contributed by atoms with Gasteiger partial charge in [-0.1, -0.05) is 6.07 Å². The Morgan fingerprint density at radius 3 is 2.67 bits per heavy atom. The number of aromatic nitrogens is 1. The Balaban J connectivity index is 2.16. The number of rotatable bonds is 2. The third-order valence-corrected chi connectivity index (χ3v) is 3.84. The summed E-state index contributed by atoms with van der Waals surface area (Å²) in [5.74, 6) is -0.468. The van der Waals surface area contributed by atoms with Crippen molar-refractivity contribution in [3.63, 3.8) is 0 Å². The molecule has 1 aromatic carbocycles. The van der Waals surface area contributed by atoms with Crippen molar-refractivity contribution in [3.8, 4) is 0 Å². The molecule has 1 fully saturated rings. The lowest BCUT2D eigenvalue weighted by Gasteiger charge is -2.50. The smallest absolute Gasteiger partial charge is 0.408 e. The van der Waals surface area contributed by atoms with Crippen molar-refractivity contribution in [1.82, 2.24) is 4.98 Å². The van der Waals surface area contributed by atoms with E-state index in [9.17, 15) is 9.90 Å². The lowest BCUT2D eigenvalue weighted by molar-refractivity contribution is -0.157. The third-order valence-electron chi connectivity index (χ3n) is 3.84. The molecule has 1 aliphatic heterocycles. The molecule has 2 aromatic rings. The Bertz CT molecular complexity index is 643. The van der Waals surface area contributed by atoms with Crippen LogP contribution >= 0.6 is 0 Å². The van der Waals surface area contributed by atoms with Gasteiger partial charge in [0.25, 0.3) is 0 Å². The van der Waals surface area contributed by atoms with Crippen LogP contribution < -0.4 is 5.76 Å². The predicted molar refractivity (Wildman–Crippen MR) is 65.6 cm³/mol. The number of aromatic amines is 1. The highest BCUT2D eigenvalue weighted by Crippen LogP contribution is 2.42. The van der Waals surface area contributed by atoms with Gasteiger partial charge >= 0.3 is 5.76 Å². The second-order valence-corrected chi connectivity index (χ2v) is 5.36. The summed E-state index contributed by atoms with van der Waals surface area (Å²) in [4.78, 5) is 13.8. The summed E-state index contributed by atoms with van der Waals surface area (Å²) in [5, 5.41) is 10.3. The fourth-order valence-corrected chi connectivity index (χ4v) is 2.43. The van der Waals surface area contributed by atoms with E-state index in [1.54, 1.807) is 19.9 Å². The average Bonchev–Trinajstić information content (AvgIpc) is 2.52. The van der Waals surface area contributed by atoms with Crippen LogP contribution in [0, 0.1) is 0 Å². The second-order valence-electron chi connectivity index (χ2n) is 5.36. The highest BCUT2D eigenvalue weighted by Gasteiger charge is 2.51. The van der Waals surface area contributed by atoms with Crippen LogP contribution in [0.15, 0.2) is 27.4 Å². The van der Waals surface area contributed by atoms with Crippen molar-refractivity contribution >= 4 is 11.1 Å². The zero-order valence-electron chi connectivity index (χ0n) is 10.3. The lowest BCUT2D eigenvalue weighted by atomic mass is 9.67. The molecule has 1 saturated heterocycles. The minimum atomic E-state index is -0.886. The number of ether oxygens (including phenoxy) is 1. The summed E-state index contributed by atoms with van der Waals surface area (Å²) >= 11 is 0. The molecule has 2 N–H and O–H groups in total. The van der Waals surface area contributed by atoms with Gasteiger partial charge in [0, 0.05) is 0 Å². The van der Waals surface area contributed by atoms with Crippen LogP contribution in [0.4, 0.5) is 0 Å². The number of fused-ring (bicyclic) bond motifs is 1. The molecule has 0 amide bonds. The fraction of sp³-hybridized carbons (Fsp3) is 0.462. The minimum absolute atomic E-state index is 0.421. The molecule has 0 radical (unpaired) electrons. The molecule has 5 nitrogen and oxygen atoms in total. The minimum Gasteiger partial charge on any atom is -0.408 e. The SMILES string of the molecule is CC(C)(O)C1(c2ccc3oc(=O)[nH]c3c2)COC1. The standard InChI is InChI=1S/C13H15NO4/c1-12(2,16)13(6-17-7-13)8-3-4-10-9(5-8)14-11(15)18-10/h3-5,16H,6-7H2,1-2H3,(H,14,15). The number of H-pyrrole nitrogens is 1. The summed E-state index contributed by atoms with van der Waals surface area (Å²) in [6.45, 7) is 4.50. The highest BCUT2D eigenvalue weighted by molar-refractivity contribution is 5.73. The van der Waals surface area contributed by atoms with Crippen LogP contribution in [0.1, 0.15) is 19.4 Å². The summed E-state index contributed by atoms with van der Waals surface area (Å²) < 4.78 is 10.2. The normalized spacial score (nSPS) is 18.8. The van der Waals surface area contributed by atoms with Crippen LogP contribution in [0.3, 0.4) is 0 Å². The van der Waals surface area contributed by atoms with Crippen LogP contribution in [-0.4, -0.2) is 28.9 Å². The highest BCUT2D eigenvalue weighted by atomic mass is 16.5. The van der Waals surface area contributed by atoms with Crippen molar-refractivity contribution < 1.29 is 14.3 Å². The van der Waals surface area contributed by atoms with Gasteiger partial charge in [-0.2, -0.15) is 0 Å². The Kier molecular flexibility index (Phi) is 2.21. The third kappa shape index (κ3) is 1.44. The van der Waals surface area contributed by atoms with Crippen molar-refractivity contribution in [2.24, 2.45) is 0 Å². The maximum absolute atomic E-state index is 11.1. The molecule has 1 aromatic heterocycles. The number of nitrogens with one attached hydrogen (secondary N) is 1. The maximum Gasteiger partial charge on any atom is 0.417 e. The molecule has 2 heterocycles. The van der Waals surface area contributed by atoms with Crippen molar-refractivity contribution in [1.29, 1.82) is 0 Å². The average molecular weight is 249 g/mol. The van der Waals surface area contributed by atoms with E-state index in [2.05, 4.69) is 4.98 Å². The van der Waals surface area contributed by atoms with E-state index in [1.165, 1.54) is 0 Å². The van der Waals surface area contributed by atoms with Gasteiger partial charge in [0.05, 0.1) is 29.7 Å². The first-order valence-corrected chi connectivity index (χ1v) is 5.86. The molecule has 96 valence electrons. The zero-order chi connectivity index (χ0) is 13.0. The first kappa shape index (κ1) is 11.5. The van der Waals surface area contributed by atoms with E-state index in [4.69, 9.17) is 9.15 Å². The second kappa shape index (κ2) is 3.46. The predicted octanol–water partition coefficient (Wildman–Crippen LogP) is 1.16. The number of hydrogen-bond donors (Lipinski definition) is 2. The van der Waals surface area contributed by atoms with Crippen LogP contribution in [0.25, 0.3) is 11.1 Å². The van der Waals surface area contributed by atoms with E-state index in [0.29, 0.717) is 24.3 Å². The Morgan fingerprint density at radius 1 is 1.39 bits per heavy atom. The van der Waals surface area contributed by atoms with Gasteiger partial charge in [-0.05, 0) is 31.5 Å². The van der Waals surface area contributed by atoms with Gasteiger partial charge in [0.2, 0.25) is 0 Å². The number of oxazole rings is 1. The number of hydrogen-bond acceptors (Lipinski definition) is 4. The Hall–Kier alpha value is -1.59. The molecule has 0 aliphatic carbocycles. The topological polar surface area (TPSA) is 75.5 Å². The zero-order valence-corrected chi connectivity index (χ0v) is 10.3. The molecule has 5 heteroatoms. The van der Waals surface area contributed by atoms with Crippen LogP contribution in [-0.2, 0) is 10.2 Å². The number of aliphatic hydroxyl groups is 1. The van der Waals surface area contributed by atoms with Gasteiger partial charge in [-0.15, -0.1) is 0 Å². The molecule has 18 heavy (non-hydrogen) atoms. The van der Waals surface area contributed by atoms with E-state index in [0.717, 1.165) is 5.56 Å². The van der Waals surface area contributed by atoms with E-state index >= 15 is 0 Å². The van der Waals surface area contributed by atoms with Gasteiger partial charge in [-0.3, -0.25) is 4.98 Å². The summed E-state index contributed by atoms with van der Waals surface area (Å²) in [7, 11) is 0. The first-order chi connectivity index (χ1) is 8.42. The molecule has 0 bridgehead atoms. The molecule has 0 atom stereocenters. The Morgan fingerprint density at radius 2 is 2.11 bits per heavy atom. The maximum atomic E-state index is 11.1. The molecular formula is C13H15NO4. The van der Waals surface area contributed by atoms with Crippen LogP contribution in [0.5, 0.6) is 0 Å². The van der Waals surface area contributed by atoms with Gasteiger partial charge in [-0.25, -0.2) is 4.79 Å². The molecular weight excluding hydrogens is 234 g/mol. The van der Waals surface area contributed by atoms with E-state index < -0.39 is 16.8 Å². The quantitative estimate of drug-likeness (QED) is 0.837. The van der Waals surface area contributed by atoms with E-state index in [1.807, 2.05) is 12.1 Å². The number of benzene rings is 1. The van der Waals surface area contributed by atoms with E-state index in [-0.39, 0.29) is 0 Å². The Labute approximate surface area is 103 Å². The van der Waals surface area contributed by atoms with Crippen molar-refractivity contribution in [2.75, 3.05) is 13.2 Å². The van der Waals surface area contributed by atoms with Gasteiger partial charge < -0.3 is 14.3 Å². The molecule has 0 saturated carbocycles. The lowest BCUT2D eigenvalue weighted by Crippen LogP contribution is -2.60. The largest absolute Gasteiger partial charge is 0.417 e. The van der Waals surface area contributed by atoms with Crippen molar-refractivity contribution in [3.05, 3.63) is 34.3 Å². The summed E-state index contributed by atoms with van der Waals surface area (Å²) in [6, 6.07) is 5.47. The fourth-order valence-electron chi connectivity index (χ4n) is 2.43. The van der Waals surface area contributed by atoms with Crippen LogP contribution in [0.2, 0.25) is 0 Å². The summed E-state index contributed by atoms with van der Waals surface area (Å²) in [5.41, 5.74) is 0.812. The molecule has 0 spiro atoms. The van der Waals surface area contributed by atoms with Gasteiger partial charge in [0.15, 0.2) is 5.58 Å². The van der Waals surface area contributed by atoms with Crippen molar-refractivity contribution in [2.45, 2.75) is 24.9 Å². The monoisotopic (exact) mass is 249 g/mol. The molecule has 3 rings (SSSR count). The molecule has 1 aliphatic rings. The first-order valence-electron chi connectivity index (χ1n) is 5.86. The molecule has 0 unspecified atom stereocenters.